The van der Waals surface area contributed by atoms with Crippen molar-refractivity contribution in [2.24, 2.45) is 0 Å². The van der Waals surface area contributed by atoms with Crippen molar-refractivity contribution in [1.29, 1.82) is 0 Å². The van der Waals surface area contributed by atoms with Crippen molar-refractivity contribution in [2.75, 3.05) is 5.32 Å². The molecular formula is C21H20ClNO. The van der Waals surface area contributed by atoms with Crippen LogP contribution in [0.4, 0.5) is 5.69 Å². The maximum atomic E-state index is 6.36. The zero-order chi connectivity index (χ0) is 16.8. The molecule has 3 heteroatoms. The van der Waals surface area contributed by atoms with E-state index in [0.717, 1.165) is 23.4 Å². The average molecular weight is 338 g/mol. The van der Waals surface area contributed by atoms with Crippen molar-refractivity contribution in [3.63, 3.8) is 0 Å². The second-order valence-electron chi connectivity index (χ2n) is 5.71. The number of rotatable bonds is 6. The van der Waals surface area contributed by atoms with E-state index in [1.807, 2.05) is 60.7 Å². The van der Waals surface area contributed by atoms with E-state index in [9.17, 15) is 0 Å². The fraction of sp³-hybridized carbons (Fsp3) is 0.143. The highest BCUT2D eigenvalue weighted by atomic mass is 35.5. The predicted molar refractivity (Wildman–Crippen MR) is 101 cm³/mol. The Bertz CT molecular complexity index is 802. The van der Waals surface area contributed by atoms with Gasteiger partial charge >= 0.3 is 0 Å². The Hall–Kier alpha value is -2.45. The zero-order valence-corrected chi connectivity index (χ0v) is 14.4. The van der Waals surface area contributed by atoms with Gasteiger partial charge in [-0.25, -0.2) is 0 Å². The first kappa shape index (κ1) is 16.4. The van der Waals surface area contributed by atoms with E-state index in [-0.39, 0.29) is 0 Å². The smallest absolute Gasteiger partial charge is 0.138 e. The first-order chi connectivity index (χ1) is 11.7. The molecule has 0 bridgehead atoms. The minimum Gasteiger partial charge on any atom is -0.487 e. The molecule has 0 amide bonds. The van der Waals surface area contributed by atoms with Crippen LogP contribution in [0.2, 0.25) is 5.02 Å². The standard InChI is InChI=1S/C21H20ClNO/c1-16-7-5-6-10-20(16)23-14-18-11-12-21(19(22)13-18)24-15-17-8-3-2-4-9-17/h2-13,23H,14-15H2,1H3. The van der Waals surface area contributed by atoms with Gasteiger partial charge in [-0.05, 0) is 41.8 Å². The summed E-state index contributed by atoms with van der Waals surface area (Å²) in [6.45, 7) is 3.33. The molecule has 1 N–H and O–H groups in total. The Kier molecular flexibility index (Phi) is 5.39. The Balaban J connectivity index is 1.61. The number of hydrogen-bond acceptors (Lipinski definition) is 2. The third kappa shape index (κ3) is 4.30. The van der Waals surface area contributed by atoms with E-state index in [1.54, 1.807) is 0 Å². The van der Waals surface area contributed by atoms with E-state index < -0.39 is 0 Å². The van der Waals surface area contributed by atoms with Crippen LogP contribution >= 0.6 is 11.6 Å². The molecule has 0 saturated carbocycles. The van der Waals surface area contributed by atoms with Crippen LogP contribution in [-0.4, -0.2) is 0 Å². The molecular weight excluding hydrogens is 318 g/mol. The van der Waals surface area contributed by atoms with Crippen LogP contribution in [0, 0.1) is 6.92 Å². The van der Waals surface area contributed by atoms with Crippen molar-refractivity contribution in [1.82, 2.24) is 0 Å². The monoisotopic (exact) mass is 337 g/mol. The van der Waals surface area contributed by atoms with Crippen molar-refractivity contribution in [2.45, 2.75) is 20.1 Å². The lowest BCUT2D eigenvalue weighted by Gasteiger charge is -2.12. The van der Waals surface area contributed by atoms with E-state index in [2.05, 4.69) is 24.4 Å². The van der Waals surface area contributed by atoms with Crippen LogP contribution in [0.25, 0.3) is 0 Å². The van der Waals surface area contributed by atoms with E-state index in [1.165, 1.54) is 5.56 Å². The molecule has 24 heavy (non-hydrogen) atoms. The lowest BCUT2D eigenvalue weighted by atomic mass is 10.1. The SMILES string of the molecule is Cc1ccccc1NCc1ccc(OCc2ccccc2)c(Cl)c1. The van der Waals surface area contributed by atoms with Crippen LogP contribution in [0.1, 0.15) is 16.7 Å². The van der Waals surface area contributed by atoms with Gasteiger partial charge in [0.05, 0.1) is 5.02 Å². The van der Waals surface area contributed by atoms with Crippen LogP contribution in [0.15, 0.2) is 72.8 Å². The third-order valence-corrected chi connectivity index (χ3v) is 4.16. The number of benzene rings is 3. The largest absolute Gasteiger partial charge is 0.487 e. The average Bonchev–Trinajstić information content (AvgIpc) is 2.61. The first-order valence-corrected chi connectivity index (χ1v) is 8.35. The minimum absolute atomic E-state index is 0.515. The van der Waals surface area contributed by atoms with Crippen molar-refractivity contribution in [3.8, 4) is 5.75 Å². The van der Waals surface area contributed by atoms with Gasteiger partial charge in [0, 0.05) is 12.2 Å². The molecule has 0 saturated heterocycles. The van der Waals surface area contributed by atoms with Crippen LogP contribution < -0.4 is 10.1 Å². The molecule has 0 heterocycles. The van der Waals surface area contributed by atoms with Gasteiger partial charge in [-0.15, -0.1) is 0 Å². The van der Waals surface area contributed by atoms with Gasteiger partial charge in [-0.1, -0.05) is 66.2 Å². The van der Waals surface area contributed by atoms with Gasteiger partial charge in [0.1, 0.15) is 12.4 Å². The number of anilines is 1. The molecule has 3 aromatic rings. The summed E-state index contributed by atoms with van der Waals surface area (Å²) in [5.74, 6) is 0.708. The third-order valence-electron chi connectivity index (χ3n) is 3.86. The Morgan fingerprint density at radius 2 is 1.62 bits per heavy atom. The van der Waals surface area contributed by atoms with Crippen LogP contribution in [0.3, 0.4) is 0 Å². The maximum Gasteiger partial charge on any atom is 0.138 e. The number of hydrogen-bond donors (Lipinski definition) is 1. The quantitative estimate of drug-likeness (QED) is 0.610. The van der Waals surface area contributed by atoms with Gasteiger partial charge < -0.3 is 10.1 Å². The second kappa shape index (κ2) is 7.89. The topological polar surface area (TPSA) is 21.3 Å². The molecule has 0 spiro atoms. The second-order valence-corrected chi connectivity index (χ2v) is 6.11. The fourth-order valence-electron chi connectivity index (χ4n) is 2.48. The zero-order valence-electron chi connectivity index (χ0n) is 13.6. The molecule has 3 rings (SSSR count). The molecule has 0 atom stereocenters. The van der Waals surface area contributed by atoms with Crippen molar-refractivity contribution in [3.05, 3.63) is 94.5 Å². The molecule has 0 unspecified atom stereocenters. The lowest BCUT2D eigenvalue weighted by molar-refractivity contribution is 0.306. The predicted octanol–water partition coefficient (Wildman–Crippen LogP) is 5.84. The minimum atomic E-state index is 0.515. The van der Waals surface area contributed by atoms with Gasteiger partial charge in [0.25, 0.3) is 0 Å². The summed E-state index contributed by atoms with van der Waals surface area (Å²) in [6.07, 6.45) is 0. The van der Waals surface area contributed by atoms with Crippen molar-refractivity contribution < 1.29 is 4.74 Å². The molecule has 0 radical (unpaired) electrons. The first-order valence-electron chi connectivity index (χ1n) is 7.97. The Morgan fingerprint density at radius 3 is 2.38 bits per heavy atom. The number of nitrogens with one attached hydrogen (secondary N) is 1. The Morgan fingerprint density at radius 1 is 0.875 bits per heavy atom. The van der Waals surface area contributed by atoms with Gasteiger partial charge in [-0.3, -0.25) is 0 Å². The van der Waals surface area contributed by atoms with E-state index in [4.69, 9.17) is 16.3 Å². The summed E-state index contributed by atoms with van der Waals surface area (Å²) in [5.41, 5.74) is 4.61. The summed E-state index contributed by atoms with van der Waals surface area (Å²) in [5, 5.41) is 4.07. The number of halogens is 1. The lowest BCUT2D eigenvalue weighted by Crippen LogP contribution is -2.01. The summed E-state index contributed by atoms with van der Waals surface area (Å²) in [7, 11) is 0. The van der Waals surface area contributed by atoms with Crippen molar-refractivity contribution >= 4 is 17.3 Å². The molecule has 0 aliphatic heterocycles. The molecule has 0 aliphatic rings. The Labute approximate surface area is 148 Å². The highest BCUT2D eigenvalue weighted by molar-refractivity contribution is 6.32. The molecule has 122 valence electrons. The van der Waals surface area contributed by atoms with Gasteiger partial charge in [0.15, 0.2) is 0 Å². The summed E-state index contributed by atoms with van der Waals surface area (Å²) in [4.78, 5) is 0. The summed E-state index contributed by atoms with van der Waals surface area (Å²) >= 11 is 6.36. The van der Waals surface area contributed by atoms with Crippen LogP contribution in [0.5, 0.6) is 5.75 Å². The van der Waals surface area contributed by atoms with Gasteiger partial charge in [-0.2, -0.15) is 0 Å². The number of ether oxygens (including phenoxy) is 1. The fourth-order valence-corrected chi connectivity index (χ4v) is 2.73. The van der Waals surface area contributed by atoms with E-state index in [0.29, 0.717) is 17.4 Å². The highest BCUT2D eigenvalue weighted by Gasteiger charge is 2.04. The highest BCUT2D eigenvalue weighted by Crippen LogP contribution is 2.27. The normalized spacial score (nSPS) is 10.4. The summed E-state index contributed by atoms with van der Waals surface area (Å²) in [6, 6.07) is 24.2. The molecule has 0 aromatic heterocycles. The molecule has 0 fully saturated rings. The van der Waals surface area contributed by atoms with E-state index >= 15 is 0 Å². The number of aryl methyl sites for hydroxylation is 1. The molecule has 3 aromatic carbocycles. The van der Waals surface area contributed by atoms with Crippen LogP contribution in [-0.2, 0) is 13.2 Å². The maximum absolute atomic E-state index is 6.36. The van der Waals surface area contributed by atoms with Gasteiger partial charge in [0.2, 0.25) is 0 Å². The summed E-state index contributed by atoms with van der Waals surface area (Å²) < 4.78 is 5.81. The number of para-hydroxylation sites is 1. The molecule has 2 nitrogen and oxygen atoms in total. The molecule has 0 aliphatic carbocycles.